The highest BCUT2D eigenvalue weighted by Gasteiger charge is 2.40. The molecule has 5 aromatic carbocycles. The molecular formula is C44H42N2O7S. The molecule has 54 heavy (non-hydrogen) atoms. The molecule has 2 fully saturated rings. The Balaban J connectivity index is 1.05. The molecule has 10 heteroatoms. The van der Waals surface area contributed by atoms with E-state index >= 15 is 0 Å². The van der Waals surface area contributed by atoms with Gasteiger partial charge in [-0.1, -0.05) is 116 Å². The molecule has 5 atom stereocenters. The van der Waals surface area contributed by atoms with Gasteiger partial charge in [0.15, 0.2) is 6.29 Å². The molecule has 276 valence electrons. The number of amides is 3. The molecule has 2 aliphatic heterocycles. The minimum atomic E-state index is -0.981. The lowest BCUT2D eigenvalue weighted by atomic mass is 9.91. The highest BCUT2D eigenvalue weighted by molar-refractivity contribution is 7.99. The zero-order valence-corrected chi connectivity index (χ0v) is 30.7. The van der Waals surface area contributed by atoms with Gasteiger partial charge in [0.05, 0.1) is 31.8 Å². The number of ether oxygens (including phenoxy) is 3. The number of hydrogen-bond donors (Lipinski definition) is 2. The quantitative estimate of drug-likeness (QED) is 0.0978. The lowest BCUT2D eigenvalue weighted by Gasteiger charge is -2.41. The summed E-state index contributed by atoms with van der Waals surface area (Å²) in [4.78, 5) is 41.0. The van der Waals surface area contributed by atoms with Crippen molar-refractivity contribution in [1.82, 2.24) is 10.2 Å². The van der Waals surface area contributed by atoms with Gasteiger partial charge in [0, 0.05) is 22.1 Å². The maximum Gasteiger partial charge on any atom is 0.408 e. The van der Waals surface area contributed by atoms with Crippen LogP contribution in [-0.4, -0.2) is 45.8 Å². The van der Waals surface area contributed by atoms with Crippen LogP contribution in [0.4, 0.5) is 4.79 Å². The van der Waals surface area contributed by atoms with Crippen molar-refractivity contribution in [3.05, 3.63) is 161 Å². The monoisotopic (exact) mass is 742 g/mol. The van der Waals surface area contributed by atoms with Gasteiger partial charge in [-0.15, -0.1) is 11.8 Å². The Kier molecular flexibility index (Phi) is 11.8. The number of rotatable bonds is 12. The summed E-state index contributed by atoms with van der Waals surface area (Å²) in [6.45, 7) is 2.27. The number of alkyl carbamates (subject to hydrolysis) is 1. The van der Waals surface area contributed by atoms with E-state index in [9.17, 15) is 19.5 Å². The van der Waals surface area contributed by atoms with Crippen molar-refractivity contribution in [1.29, 1.82) is 0 Å². The second kappa shape index (κ2) is 17.3. The van der Waals surface area contributed by atoms with Crippen molar-refractivity contribution < 1.29 is 33.7 Å². The van der Waals surface area contributed by atoms with Crippen LogP contribution in [0.5, 0.6) is 0 Å². The molecule has 0 aromatic heterocycles. The van der Waals surface area contributed by atoms with Crippen LogP contribution >= 0.6 is 11.8 Å². The molecule has 5 aromatic rings. The summed E-state index contributed by atoms with van der Waals surface area (Å²) in [5.74, 6) is -0.0208. The Morgan fingerprint density at radius 1 is 0.796 bits per heavy atom. The predicted octanol–water partition coefficient (Wildman–Crippen LogP) is 7.98. The third-order valence-electron chi connectivity index (χ3n) is 9.79. The van der Waals surface area contributed by atoms with Gasteiger partial charge in [-0.3, -0.25) is 14.5 Å². The van der Waals surface area contributed by atoms with Crippen LogP contribution in [0.1, 0.15) is 53.6 Å². The van der Waals surface area contributed by atoms with Gasteiger partial charge in [0.2, 0.25) is 5.91 Å². The van der Waals surface area contributed by atoms with Crippen LogP contribution in [0.3, 0.4) is 0 Å². The summed E-state index contributed by atoms with van der Waals surface area (Å²) in [6.07, 6.45) is -1.84. The number of benzene rings is 5. The highest BCUT2D eigenvalue weighted by atomic mass is 32.2. The van der Waals surface area contributed by atoms with E-state index < -0.39 is 24.3 Å². The molecule has 2 saturated heterocycles. The van der Waals surface area contributed by atoms with Gasteiger partial charge in [-0.25, -0.2) is 4.79 Å². The fourth-order valence-corrected chi connectivity index (χ4v) is 7.86. The third-order valence-corrected chi connectivity index (χ3v) is 10.9. The van der Waals surface area contributed by atoms with Gasteiger partial charge in [0.1, 0.15) is 12.6 Å². The topological polar surface area (TPSA) is 114 Å². The Hall–Kier alpha value is -5.26. The summed E-state index contributed by atoms with van der Waals surface area (Å²) in [7, 11) is 0. The number of nitrogens with zero attached hydrogens (tertiary/aromatic N) is 1. The van der Waals surface area contributed by atoms with Crippen molar-refractivity contribution in [3.63, 3.8) is 0 Å². The number of hydrogen-bond acceptors (Lipinski definition) is 8. The maximum atomic E-state index is 13.2. The summed E-state index contributed by atoms with van der Waals surface area (Å²) >= 11 is 1.76. The molecular weight excluding hydrogens is 701 g/mol. The fraction of sp³-hybridized carbons (Fsp3) is 0.250. The first-order chi connectivity index (χ1) is 26.3. The van der Waals surface area contributed by atoms with Crippen LogP contribution in [0.25, 0.3) is 11.1 Å². The van der Waals surface area contributed by atoms with Crippen LogP contribution in [0, 0.1) is 5.92 Å². The second-order valence-electron chi connectivity index (χ2n) is 13.6. The van der Waals surface area contributed by atoms with Crippen molar-refractivity contribution in [2.24, 2.45) is 5.92 Å². The molecule has 9 nitrogen and oxygen atoms in total. The minimum absolute atomic E-state index is 0.0220. The van der Waals surface area contributed by atoms with Crippen molar-refractivity contribution in [2.75, 3.05) is 5.75 Å². The van der Waals surface area contributed by atoms with Crippen molar-refractivity contribution >= 4 is 29.7 Å². The molecule has 5 unspecified atom stereocenters. The number of nitrogens with one attached hydrogen (secondary N) is 1. The first-order valence-electron chi connectivity index (χ1n) is 18.0. The van der Waals surface area contributed by atoms with E-state index in [0.29, 0.717) is 0 Å². The third kappa shape index (κ3) is 8.91. The van der Waals surface area contributed by atoms with Gasteiger partial charge in [-0.2, -0.15) is 0 Å². The summed E-state index contributed by atoms with van der Waals surface area (Å²) < 4.78 is 18.7. The Morgan fingerprint density at radius 2 is 1.48 bits per heavy atom. The predicted molar refractivity (Wildman–Crippen MR) is 206 cm³/mol. The molecule has 0 radical (unpaired) electrons. The summed E-state index contributed by atoms with van der Waals surface area (Å²) in [5, 5.41) is 12.2. The van der Waals surface area contributed by atoms with Crippen LogP contribution in [0.15, 0.2) is 138 Å². The summed E-state index contributed by atoms with van der Waals surface area (Å²) in [5.41, 5.74) is 6.17. The van der Waals surface area contributed by atoms with Gasteiger partial charge in [-0.05, 0) is 57.6 Å². The first kappa shape index (κ1) is 37.1. The number of aliphatic hydroxyl groups is 1. The number of imide groups is 1. The highest BCUT2D eigenvalue weighted by Crippen LogP contribution is 2.43. The van der Waals surface area contributed by atoms with Crippen molar-refractivity contribution in [2.45, 2.75) is 62.5 Å². The Bertz CT molecular complexity index is 2060. The van der Waals surface area contributed by atoms with Crippen LogP contribution < -0.4 is 5.32 Å². The smallest absolute Gasteiger partial charge is 0.408 e. The molecule has 0 saturated carbocycles. The van der Waals surface area contributed by atoms with Gasteiger partial charge in [0.25, 0.3) is 5.91 Å². The van der Waals surface area contributed by atoms with E-state index in [1.165, 1.54) is 9.80 Å². The zero-order valence-electron chi connectivity index (χ0n) is 29.9. The van der Waals surface area contributed by atoms with E-state index in [1.807, 2.05) is 115 Å². The lowest BCUT2D eigenvalue weighted by molar-refractivity contribution is -0.268. The van der Waals surface area contributed by atoms with Gasteiger partial charge >= 0.3 is 6.09 Å². The first-order valence-corrected chi connectivity index (χ1v) is 19.0. The molecule has 2 aliphatic rings. The van der Waals surface area contributed by atoms with E-state index in [1.54, 1.807) is 11.8 Å². The fourth-order valence-electron chi connectivity index (χ4n) is 6.77. The number of carbonyl (C=O) groups is 3. The van der Waals surface area contributed by atoms with Crippen LogP contribution in [-0.2, 0) is 43.6 Å². The van der Waals surface area contributed by atoms with E-state index in [4.69, 9.17) is 14.2 Å². The lowest BCUT2D eigenvalue weighted by Crippen LogP contribution is -2.41. The molecule has 7 rings (SSSR count). The number of thioether (sulfide) groups is 1. The number of carbonyl (C=O) groups excluding carboxylic acids is 3. The maximum absolute atomic E-state index is 13.2. The Labute approximate surface area is 319 Å². The number of likely N-dealkylation sites (tertiary alicyclic amines) is 1. The van der Waals surface area contributed by atoms with Gasteiger partial charge < -0.3 is 24.6 Å². The van der Waals surface area contributed by atoms with E-state index in [0.717, 1.165) is 44.7 Å². The molecule has 3 amide bonds. The normalized spacial score (nSPS) is 21.2. The minimum Gasteiger partial charge on any atom is -0.445 e. The summed E-state index contributed by atoms with van der Waals surface area (Å²) in [6, 6.07) is 42.2. The number of aliphatic hydroxyl groups excluding tert-OH is 1. The van der Waals surface area contributed by atoms with E-state index in [-0.39, 0.29) is 50.2 Å². The molecule has 0 aliphatic carbocycles. The average molecular weight is 743 g/mol. The van der Waals surface area contributed by atoms with E-state index in [2.05, 4.69) is 30.4 Å². The van der Waals surface area contributed by atoms with Crippen molar-refractivity contribution in [3.8, 4) is 11.1 Å². The molecule has 0 spiro atoms. The standard InChI is InChI=1S/C44H42N2O7S/c1-29-39(28-54-37-16-6-3-7-17-37)52-43(53-41(29)33-20-18-30(26-47)19-21-33)36-15-9-14-35(23-36)34-13-8-12-32(22-34)25-46-40(48)24-38(42(46)49)45-44(50)51-27-31-10-4-2-5-11-31/h2-23,29,38-39,41,43,47H,24-28H2,1H3,(H,45,50). The SMILES string of the molecule is CC1C(CSc2ccccc2)OC(c2cccc(-c3cccc(CN4C(=O)CC(NC(=O)OCc5ccccc5)C4=O)c3)c2)OC1c1ccc(CO)cc1. The van der Waals surface area contributed by atoms with Crippen LogP contribution in [0.2, 0.25) is 0 Å². The second-order valence-corrected chi connectivity index (χ2v) is 14.6. The average Bonchev–Trinajstić information content (AvgIpc) is 3.47. The zero-order chi connectivity index (χ0) is 37.4. The largest absolute Gasteiger partial charge is 0.445 e. The Morgan fingerprint density at radius 3 is 2.22 bits per heavy atom. The molecule has 2 heterocycles. The molecule has 2 N–H and O–H groups in total. The molecule has 0 bridgehead atoms.